The van der Waals surface area contributed by atoms with E-state index in [-0.39, 0.29) is 21.0 Å². The lowest BCUT2D eigenvalue weighted by Gasteiger charge is -2.08. The molecule has 0 aliphatic carbocycles. The number of nitrogens with zero attached hydrogens (tertiary/aromatic N) is 1. The molecule has 9 heteroatoms. The number of rotatable bonds is 5. The molecule has 26 heavy (non-hydrogen) atoms. The monoisotopic (exact) mass is 408 g/mol. The number of nitrogens with one attached hydrogen (secondary N) is 1. The minimum atomic E-state index is -3.78. The average molecular weight is 409 g/mol. The third kappa shape index (κ3) is 3.72. The Morgan fingerprint density at radius 3 is 2.50 bits per heavy atom. The number of carbonyl (C=O) groups is 1. The first-order valence-corrected chi connectivity index (χ1v) is 10.1. The minimum absolute atomic E-state index is 0.0274. The summed E-state index contributed by atoms with van der Waals surface area (Å²) < 4.78 is 30.6. The van der Waals surface area contributed by atoms with Crippen LogP contribution in [0.5, 0.6) is 5.88 Å². The van der Waals surface area contributed by atoms with Gasteiger partial charge >= 0.3 is 0 Å². The molecule has 1 aromatic carbocycles. The average Bonchev–Trinajstić information content (AvgIpc) is 3.11. The zero-order valence-corrected chi connectivity index (χ0v) is 15.9. The Kier molecular flexibility index (Phi) is 5.26. The van der Waals surface area contributed by atoms with E-state index < -0.39 is 15.7 Å². The molecule has 0 radical (unpaired) electrons. The van der Waals surface area contributed by atoms with E-state index in [1.54, 1.807) is 17.5 Å². The van der Waals surface area contributed by atoms with Crippen LogP contribution in [0.2, 0.25) is 5.02 Å². The molecule has 3 rings (SSSR count). The second kappa shape index (κ2) is 7.45. The van der Waals surface area contributed by atoms with Crippen LogP contribution in [-0.2, 0) is 9.84 Å². The molecule has 1 amide bonds. The topological polar surface area (TPSA) is 85.4 Å². The third-order valence-electron chi connectivity index (χ3n) is 3.50. The predicted molar refractivity (Wildman–Crippen MR) is 100.0 cm³/mol. The zero-order valence-electron chi connectivity index (χ0n) is 13.5. The van der Waals surface area contributed by atoms with Crippen molar-refractivity contribution >= 4 is 44.4 Å². The van der Waals surface area contributed by atoms with Gasteiger partial charge in [0.25, 0.3) is 5.91 Å². The first-order valence-electron chi connectivity index (χ1n) is 7.30. The van der Waals surface area contributed by atoms with Gasteiger partial charge in [-0.25, -0.2) is 13.4 Å². The molecule has 0 aliphatic rings. The number of hydrogen-bond acceptors (Lipinski definition) is 6. The summed E-state index contributed by atoms with van der Waals surface area (Å²) >= 11 is 6.99. The van der Waals surface area contributed by atoms with E-state index in [4.69, 9.17) is 16.3 Å². The standard InChI is InChI=1S/C17H13ClN2O4S2/c1-24-16-7-2-11(8-19-16)17(21)20-14-9-25-10-15(14)26(22,23)13-5-3-12(18)4-6-13/h2-10H,1H3,(H,20,21). The summed E-state index contributed by atoms with van der Waals surface area (Å²) in [5.74, 6) is -0.0887. The third-order valence-corrected chi connectivity index (χ3v) is 6.45. The number of methoxy groups -OCH3 is 1. The highest BCUT2D eigenvalue weighted by Gasteiger charge is 2.23. The van der Waals surface area contributed by atoms with Gasteiger partial charge in [-0.2, -0.15) is 0 Å². The summed E-state index contributed by atoms with van der Waals surface area (Å²) in [4.78, 5) is 16.5. The lowest BCUT2D eigenvalue weighted by molar-refractivity contribution is 0.102. The molecular formula is C17H13ClN2O4S2. The number of thiophene rings is 1. The Morgan fingerprint density at radius 1 is 1.15 bits per heavy atom. The number of halogens is 1. The summed E-state index contributed by atoms with van der Waals surface area (Å²) in [5.41, 5.74) is 0.498. The molecule has 134 valence electrons. The van der Waals surface area contributed by atoms with Crippen LogP contribution in [0, 0.1) is 0 Å². The molecular weight excluding hydrogens is 396 g/mol. The number of anilines is 1. The summed E-state index contributed by atoms with van der Waals surface area (Å²) in [6, 6.07) is 8.95. The van der Waals surface area contributed by atoms with Crippen molar-refractivity contribution < 1.29 is 17.9 Å². The fourth-order valence-electron chi connectivity index (χ4n) is 2.16. The van der Waals surface area contributed by atoms with Gasteiger partial charge in [-0.1, -0.05) is 11.6 Å². The molecule has 0 aliphatic heterocycles. The van der Waals surface area contributed by atoms with E-state index in [1.807, 2.05) is 0 Å². The molecule has 0 spiro atoms. The van der Waals surface area contributed by atoms with Crippen LogP contribution in [0.15, 0.2) is 63.1 Å². The lowest BCUT2D eigenvalue weighted by Crippen LogP contribution is -2.14. The van der Waals surface area contributed by atoms with E-state index in [2.05, 4.69) is 10.3 Å². The van der Waals surface area contributed by atoms with E-state index in [9.17, 15) is 13.2 Å². The number of aromatic nitrogens is 1. The highest BCUT2D eigenvalue weighted by molar-refractivity contribution is 7.91. The van der Waals surface area contributed by atoms with Crippen molar-refractivity contribution in [2.24, 2.45) is 0 Å². The number of ether oxygens (including phenoxy) is 1. The second-order valence-electron chi connectivity index (χ2n) is 5.15. The van der Waals surface area contributed by atoms with Crippen LogP contribution in [0.25, 0.3) is 0 Å². The molecule has 6 nitrogen and oxygen atoms in total. The Morgan fingerprint density at radius 2 is 1.88 bits per heavy atom. The van der Waals surface area contributed by atoms with Crippen LogP contribution >= 0.6 is 22.9 Å². The Hall–Kier alpha value is -2.42. The van der Waals surface area contributed by atoms with Crippen molar-refractivity contribution in [2.75, 3.05) is 12.4 Å². The minimum Gasteiger partial charge on any atom is -0.481 e. The quantitative estimate of drug-likeness (QED) is 0.692. The van der Waals surface area contributed by atoms with Crippen LogP contribution < -0.4 is 10.1 Å². The van der Waals surface area contributed by atoms with Crippen molar-refractivity contribution in [1.29, 1.82) is 0 Å². The van der Waals surface area contributed by atoms with E-state index in [0.717, 1.165) is 0 Å². The summed E-state index contributed by atoms with van der Waals surface area (Å²) in [6.45, 7) is 0. The predicted octanol–water partition coefficient (Wildman–Crippen LogP) is 3.89. The normalized spacial score (nSPS) is 11.2. The first-order chi connectivity index (χ1) is 12.4. The van der Waals surface area contributed by atoms with Crippen LogP contribution in [0.1, 0.15) is 10.4 Å². The van der Waals surface area contributed by atoms with Gasteiger partial charge < -0.3 is 10.1 Å². The Balaban J connectivity index is 1.88. The lowest BCUT2D eigenvalue weighted by atomic mass is 10.2. The van der Waals surface area contributed by atoms with Gasteiger partial charge in [-0.05, 0) is 30.3 Å². The van der Waals surface area contributed by atoms with Crippen LogP contribution in [0.4, 0.5) is 5.69 Å². The number of hydrogen-bond donors (Lipinski definition) is 1. The smallest absolute Gasteiger partial charge is 0.257 e. The number of sulfone groups is 1. The molecule has 0 saturated carbocycles. The van der Waals surface area contributed by atoms with Gasteiger partial charge in [0.1, 0.15) is 4.90 Å². The molecule has 0 saturated heterocycles. The fourth-order valence-corrected chi connectivity index (χ4v) is 4.82. The van der Waals surface area contributed by atoms with Crippen molar-refractivity contribution in [3.8, 4) is 5.88 Å². The van der Waals surface area contributed by atoms with Gasteiger partial charge in [-0.3, -0.25) is 4.79 Å². The highest BCUT2D eigenvalue weighted by atomic mass is 35.5. The molecule has 3 aromatic rings. The maximum atomic E-state index is 12.8. The first kappa shape index (κ1) is 18.4. The number of amides is 1. The van der Waals surface area contributed by atoms with Crippen LogP contribution in [0.3, 0.4) is 0 Å². The molecule has 0 fully saturated rings. The van der Waals surface area contributed by atoms with Crippen molar-refractivity contribution in [1.82, 2.24) is 4.98 Å². The van der Waals surface area contributed by atoms with Gasteiger partial charge in [-0.15, -0.1) is 11.3 Å². The zero-order chi connectivity index (χ0) is 18.7. The Bertz CT molecular complexity index is 1030. The number of benzene rings is 1. The Labute approximate surface area is 159 Å². The van der Waals surface area contributed by atoms with Crippen molar-refractivity contribution in [3.63, 3.8) is 0 Å². The summed E-state index contributed by atoms with van der Waals surface area (Å²) in [6.07, 6.45) is 1.36. The van der Waals surface area contributed by atoms with Crippen molar-refractivity contribution in [3.05, 3.63) is 63.9 Å². The molecule has 0 unspecified atom stereocenters. The number of pyridine rings is 1. The molecule has 2 aromatic heterocycles. The fraction of sp³-hybridized carbons (Fsp3) is 0.0588. The van der Waals surface area contributed by atoms with E-state index in [1.165, 1.54) is 54.3 Å². The molecule has 2 heterocycles. The second-order valence-corrected chi connectivity index (χ2v) is 8.25. The SMILES string of the molecule is COc1ccc(C(=O)Nc2cscc2S(=O)(=O)c2ccc(Cl)cc2)cn1. The number of carbonyl (C=O) groups excluding carboxylic acids is 1. The highest BCUT2D eigenvalue weighted by Crippen LogP contribution is 2.31. The van der Waals surface area contributed by atoms with E-state index in [0.29, 0.717) is 10.9 Å². The van der Waals surface area contributed by atoms with Gasteiger partial charge in [0.05, 0.1) is 23.3 Å². The van der Waals surface area contributed by atoms with Crippen molar-refractivity contribution in [2.45, 2.75) is 9.79 Å². The molecule has 1 N–H and O–H groups in total. The molecule has 0 atom stereocenters. The van der Waals surface area contributed by atoms with Gasteiger partial charge in [0, 0.05) is 28.0 Å². The summed E-state index contributed by atoms with van der Waals surface area (Å²) in [7, 11) is -2.31. The maximum absolute atomic E-state index is 12.8. The van der Waals surface area contributed by atoms with Gasteiger partial charge in [0.2, 0.25) is 15.7 Å². The molecule has 0 bridgehead atoms. The maximum Gasteiger partial charge on any atom is 0.257 e. The van der Waals surface area contributed by atoms with Gasteiger partial charge in [0.15, 0.2) is 0 Å². The van der Waals surface area contributed by atoms with Crippen LogP contribution in [-0.4, -0.2) is 26.4 Å². The summed E-state index contributed by atoms with van der Waals surface area (Å²) in [5, 5.41) is 6.10. The largest absolute Gasteiger partial charge is 0.481 e. The van der Waals surface area contributed by atoms with E-state index >= 15 is 0 Å².